The lowest BCUT2D eigenvalue weighted by atomic mass is 10.1. The van der Waals surface area contributed by atoms with Crippen molar-refractivity contribution >= 4 is 27.5 Å². The Hall–Kier alpha value is -1.45. The third-order valence-corrected chi connectivity index (χ3v) is 3.94. The van der Waals surface area contributed by atoms with Crippen LogP contribution in [0.25, 0.3) is 21.7 Å². The molecule has 0 amide bonds. The maximum atomic E-state index is 4.46. The molecular formula is C15H9BrNS. The average Bonchev–Trinajstić information content (AvgIpc) is 2.90. The van der Waals surface area contributed by atoms with Crippen LogP contribution in [0.5, 0.6) is 0 Å². The summed E-state index contributed by atoms with van der Waals surface area (Å²) in [6.45, 7) is 0. The Bertz CT molecular complexity index is 644. The zero-order valence-electron chi connectivity index (χ0n) is 9.43. The fourth-order valence-electron chi connectivity index (χ4n) is 1.69. The Labute approximate surface area is 118 Å². The highest BCUT2D eigenvalue weighted by atomic mass is 79.9. The van der Waals surface area contributed by atoms with Crippen LogP contribution in [-0.4, -0.2) is 4.37 Å². The summed E-state index contributed by atoms with van der Waals surface area (Å²) in [5.41, 5.74) is 3.17. The minimum Gasteiger partial charge on any atom is -0.191 e. The van der Waals surface area contributed by atoms with Crippen molar-refractivity contribution < 1.29 is 0 Å². The van der Waals surface area contributed by atoms with Gasteiger partial charge in [0, 0.05) is 16.1 Å². The molecule has 0 atom stereocenters. The molecule has 0 aliphatic heterocycles. The van der Waals surface area contributed by atoms with Crippen molar-refractivity contribution in [2.24, 2.45) is 0 Å². The lowest BCUT2D eigenvalue weighted by Gasteiger charge is -1.95. The monoisotopic (exact) mass is 314 g/mol. The number of rotatable bonds is 2. The van der Waals surface area contributed by atoms with Crippen LogP contribution in [0.1, 0.15) is 0 Å². The van der Waals surface area contributed by atoms with E-state index in [4.69, 9.17) is 0 Å². The first-order valence-electron chi connectivity index (χ1n) is 5.53. The minimum atomic E-state index is 0.909. The van der Waals surface area contributed by atoms with Crippen molar-refractivity contribution in [2.75, 3.05) is 0 Å². The van der Waals surface area contributed by atoms with Gasteiger partial charge >= 0.3 is 0 Å². The summed E-state index contributed by atoms with van der Waals surface area (Å²) in [5.74, 6) is 0. The lowest BCUT2D eigenvalue weighted by Crippen LogP contribution is -1.75. The normalized spacial score (nSPS) is 10.5. The van der Waals surface area contributed by atoms with E-state index >= 15 is 0 Å². The molecule has 0 saturated heterocycles. The van der Waals surface area contributed by atoms with Crippen molar-refractivity contribution in [2.45, 2.75) is 0 Å². The Kier molecular flexibility index (Phi) is 3.26. The van der Waals surface area contributed by atoms with Crippen molar-refractivity contribution in [3.63, 3.8) is 0 Å². The largest absolute Gasteiger partial charge is 0.191 e. The molecule has 3 heteroatoms. The number of hydrogen-bond acceptors (Lipinski definition) is 2. The van der Waals surface area contributed by atoms with Gasteiger partial charge in [0.25, 0.3) is 0 Å². The van der Waals surface area contributed by atoms with Gasteiger partial charge in [0.05, 0.1) is 10.6 Å². The topological polar surface area (TPSA) is 12.9 Å². The summed E-state index contributed by atoms with van der Waals surface area (Å²) in [5, 5.41) is 0. The van der Waals surface area contributed by atoms with Gasteiger partial charge in [-0.1, -0.05) is 58.4 Å². The molecule has 1 nitrogen and oxygen atoms in total. The molecule has 0 bridgehead atoms. The van der Waals surface area contributed by atoms with Gasteiger partial charge < -0.3 is 0 Å². The quantitative estimate of drug-likeness (QED) is 0.645. The second-order valence-electron chi connectivity index (χ2n) is 3.86. The zero-order valence-corrected chi connectivity index (χ0v) is 11.8. The highest BCUT2D eigenvalue weighted by Crippen LogP contribution is 2.29. The minimum absolute atomic E-state index is 0.909. The van der Waals surface area contributed by atoms with Crippen LogP contribution in [0.4, 0.5) is 0 Å². The number of benzene rings is 2. The summed E-state index contributed by atoms with van der Waals surface area (Å²) in [6.07, 6.45) is 0. The molecule has 0 aliphatic carbocycles. The van der Waals surface area contributed by atoms with Crippen LogP contribution in [0.3, 0.4) is 0 Å². The summed E-state index contributed by atoms with van der Waals surface area (Å²) < 4.78 is 5.54. The lowest BCUT2D eigenvalue weighted by molar-refractivity contribution is 1.51. The van der Waals surface area contributed by atoms with E-state index in [-0.39, 0.29) is 0 Å². The van der Waals surface area contributed by atoms with Gasteiger partial charge in [-0.25, -0.2) is 0 Å². The van der Waals surface area contributed by atoms with Gasteiger partial charge in [-0.2, -0.15) is 4.37 Å². The molecule has 0 unspecified atom stereocenters. The molecule has 1 heterocycles. The van der Waals surface area contributed by atoms with E-state index in [1.54, 1.807) is 0 Å². The van der Waals surface area contributed by atoms with E-state index in [2.05, 4.69) is 38.5 Å². The highest BCUT2D eigenvalue weighted by molar-refractivity contribution is 9.10. The van der Waals surface area contributed by atoms with Crippen LogP contribution in [-0.2, 0) is 0 Å². The summed E-state index contributed by atoms with van der Waals surface area (Å²) in [7, 11) is 0. The third kappa shape index (κ3) is 2.37. The number of halogens is 1. The first-order valence-corrected chi connectivity index (χ1v) is 7.10. The molecule has 0 N–H and O–H groups in total. The number of hydrogen-bond donors (Lipinski definition) is 0. The second kappa shape index (κ2) is 5.04. The molecule has 0 fully saturated rings. The Morgan fingerprint density at radius 3 is 2.33 bits per heavy atom. The standard InChI is InChI=1S/C15H9BrNS/c16-13-8-6-11(7-9-13)14-10-15(18-17-14)12-4-2-1-3-5-12/h1-9H. The fourth-order valence-corrected chi connectivity index (χ4v) is 2.67. The average molecular weight is 315 g/mol. The van der Waals surface area contributed by atoms with E-state index in [1.807, 2.05) is 42.5 Å². The smallest absolute Gasteiger partial charge is 0.0926 e. The molecular weight excluding hydrogens is 306 g/mol. The van der Waals surface area contributed by atoms with Gasteiger partial charge in [-0.15, -0.1) is 0 Å². The molecule has 0 spiro atoms. The molecule has 0 aliphatic rings. The molecule has 3 rings (SSSR count). The SMILES string of the molecule is Brc1ccc(-c2[c]c(-c3ccccc3)sn2)cc1. The maximum absolute atomic E-state index is 4.46. The summed E-state index contributed by atoms with van der Waals surface area (Å²) >= 11 is 4.92. The third-order valence-electron chi connectivity index (χ3n) is 2.61. The van der Waals surface area contributed by atoms with E-state index in [1.165, 1.54) is 17.1 Å². The number of aromatic nitrogens is 1. The zero-order chi connectivity index (χ0) is 12.4. The van der Waals surface area contributed by atoms with Crippen molar-refractivity contribution in [1.29, 1.82) is 0 Å². The Balaban J connectivity index is 1.97. The van der Waals surface area contributed by atoms with Crippen LogP contribution < -0.4 is 0 Å². The first kappa shape index (κ1) is 11.6. The number of nitrogens with zero attached hydrogens (tertiary/aromatic N) is 1. The second-order valence-corrected chi connectivity index (χ2v) is 5.55. The Morgan fingerprint density at radius 1 is 0.889 bits per heavy atom. The molecule has 2 aromatic carbocycles. The maximum Gasteiger partial charge on any atom is 0.0926 e. The first-order chi connectivity index (χ1) is 8.83. The summed E-state index contributed by atoms with van der Waals surface area (Å²) in [4.78, 5) is 1.08. The highest BCUT2D eigenvalue weighted by Gasteiger charge is 2.06. The van der Waals surface area contributed by atoms with E-state index in [0.29, 0.717) is 0 Å². The van der Waals surface area contributed by atoms with Crippen molar-refractivity contribution in [3.05, 3.63) is 65.1 Å². The molecule has 1 radical (unpaired) electrons. The van der Waals surface area contributed by atoms with Gasteiger partial charge in [0.1, 0.15) is 0 Å². The summed E-state index contributed by atoms with van der Waals surface area (Å²) in [6, 6.07) is 21.7. The van der Waals surface area contributed by atoms with E-state index < -0.39 is 0 Å². The van der Waals surface area contributed by atoms with Gasteiger partial charge in [0.15, 0.2) is 0 Å². The van der Waals surface area contributed by atoms with Gasteiger partial charge in [-0.05, 0) is 29.2 Å². The predicted molar refractivity (Wildman–Crippen MR) is 79.5 cm³/mol. The molecule has 1 aromatic heterocycles. The van der Waals surface area contributed by atoms with Crippen LogP contribution in [0.15, 0.2) is 59.1 Å². The van der Waals surface area contributed by atoms with Crippen molar-refractivity contribution in [1.82, 2.24) is 4.37 Å². The van der Waals surface area contributed by atoms with E-state index in [0.717, 1.165) is 20.6 Å². The van der Waals surface area contributed by atoms with Gasteiger partial charge in [0.2, 0.25) is 0 Å². The predicted octanol–water partition coefficient (Wildman–Crippen LogP) is 5.04. The van der Waals surface area contributed by atoms with Crippen LogP contribution in [0, 0.1) is 6.07 Å². The molecule has 3 aromatic rings. The van der Waals surface area contributed by atoms with Crippen LogP contribution in [0.2, 0.25) is 0 Å². The van der Waals surface area contributed by atoms with E-state index in [9.17, 15) is 0 Å². The van der Waals surface area contributed by atoms with Gasteiger partial charge in [-0.3, -0.25) is 0 Å². The van der Waals surface area contributed by atoms with Crippen LogP contribution >= 0.6 is 27.5 Å². The Morgan fingerprint density at radius 2 is 1.61 bits per heavy atom. The van der Waals surface area contributed by atoms with Crippen molar-refractivity contribution in [3.8, 4) is 21.7 Å². The molecule has 18 heavy (non-hydrogen) atoms. The fraction of sp³-hybridized carbons (Fsp3) is 0. The molecule has 0 saturated carbocycles. The molecule has 87 valence electrons.